The van der Waals surface area contributed by atoms with Crippen LogP contribution in [0.1, 0.15) is 46.5 Å². The van der Waals surface area contributed by atoms with Gasteiger partial charge in [0.05, 0.1) is 12.0 Å². The van der Waals surface area contributed by atoms with Gasteiger partial charge in [-0.3, -0.25) is 4.79 Å². The molecule has 0 amide bonds. The minimum atomic E-state index is -0.457. The van der Waals surface area contributed by atoms with Crippen LogP contribution in [0.3, 0.4) is 0 Å². The molecule has 1 aliphatic carbocycles. The van der Waals surface area contributed by atoms with Crippen molar-refractivity contribution >= 4 is 5.97 Å². The quantitative estimate of drug-likeness (QED) is 0.709. The third-order valence-electron chi connectivity index (χ3n) is 4.03. The molecule has 1 saturated carbocycles. The average molecular weight is 227 g/mol. The summed E-state index contributed by atoms with van der Waals surface area (Å²) in [4.78, 5) is 12.1. The molecule has 1 unspecified atom stereocenters. The molecular weight excluding hydrogens is 202 g/mol. The summed E-state index contributed by atoms with van der Waals surface area (Å²) in [5.41, 5.74) is 5.41. The van der Waals surface area contributed by atoms with Crippen LogP contribution in [0.2, 0.25) is 0 Å². The molecule has 2 N–H and O–H groups in total. The topological polar surface area (TPSA) is 52.3 Å². The van der Waals surface area contributed by atoms with E-state index in [1.165, 1.54) is 19.3 Å². The van der Waals surface area contributed by atoms with Crippen LogP contribution in [-0.2, 0) is 9.53 Å². The van der Waals surface area contributed by atoms with Crippen LogP contribution in [0, 0.1) is 17.3 Å². The normalized spacial score (nSPS) is 20.3. The van der Waals surface area contributed by atoms with Crippen molar-refractivity contribution in [3.8, 4) is 0 Å². The van der Waals surface area contributed by atoms with Crippen LogP contribution in [-0.4, -0.2) is 19.1 Å². The lowest BCUT2D eigenvalue weighted by atomic mass is 9.66. The summed E-state index contributed by atoms with van der Waals surface area (Å²) in [6.45, 7) is 6.84. The van der Waals surface area contributed by atoms with E-state index in [4.69, 9.17) is 10.5 Å². The standard InChI is InChI=1S/C13H25NO2/c1-4-16-12(15)13(9-14,10(2)3)8-11-6-5-7-11/h10-11H,4-9,14H2,1-3H3. The molecule has 0 aromatic rings. The molecule has 0 heterocycles. The lowest BCUT2D eigenvalue weighted by Gasteiger charge is -2.39. The number of nitrogens with two attached hydrogens (primary N) is 1. The summed E-state index contributed by atoms with van der Waals surface area (Å²) in [6, 6.07) is 0. The first-order chi connectivity index (χ1) is 7.56. The second-order valence-corrected chi connectivity index (χ2v) is 5.24. The Morgan fingerprint density at radius 1 is 1.50 bits per heavy atom. The number of carbonyl (C=O) groups is 1. The van der Waals surface area contributed by atoms with E-state index in [0.29, 0.717) is 19.1 Å². The number of hydrogen-bond acceptors (Lipinski definition) is 3. The van der Waals surface area contributed by atoms with Gasteiger partial charge in [0.2, 0.25) is 0 Å². The first-order valence-corrected chi connectivity index (χ1v) is 6.44. The number of rotatable bonds is 6. The van der Waals surface area contributed by atoms with Crippen LogP contribution in [0.4, 0.5) is 0 Å². The SMILES string of the molecule is CCOC(=O)C(CN)(CC1CCC1)C(C)C. The largest absolute Gasteiger partial charge is 0.466 e. The fourth-order valence-electron chi connectivity index (χ4n) is 2.44. The highest BCUT2D eigenvalue weighted by atomic mass is 16.5. The fourth-order valence-corrected chi connectivity index (χ4v) is 2.44. The van der Waals surface area contributed by atoms with Crippen LogP contribution in [0.15, 0.2) is 0 Å². The molecule has 0 saturated heterocycles. The fraction of sp³-hybridized carbons (Fsp3) is 0.923. The van der Waals surface area contributed by atoms with Crippen LogP contribution in [0.25, 0.3) is 0 Å². The molecule has 94 valence electrons. The summed E-state index contributed by atoms with van der Waals surface area (Å²) in [6.07, 6.45) is 4.69. The molecule has 0 radical (unpaired) electrons. The van der Waals surface area contributed by atoms with E-state index in [0.717, 1.165) is 6.42 Å². The Morgan fingerprint density at radius 3 is 2.44 bits per heavy atom. The van der Waals surface area contributed by atoms with Crippen LogP contribution < -0.4 is 5.73 Å². The molecule has 3 heteroatoms. The lowest BCUT2D eigenvalue weighted by molar-refractivity contribution is -0.159. The predicted molar refractivity (Wildman–Crippen MR) is 64.9 cm³/mol. The zero-order valence-electron chi connectivity index (χ0n) is 10.8. The molecule has 1 rings (SSSR count). The monoisotopic (exact) mass is 227 g/mol. The van der Waals surface area contributed by atoms with Crippen molar-refractivity contribution in [2.75, 3.05) is 13.2 Å². The Bertz CT molecular complexity index is 236. The summed E-state index contributed by atoms with van der Waals surface area (Å²) < 4.78 is 5.21. The van der Waals surface area contributed by atoms with Gasteiger partial charge in [-0.2, -0.15) is 0 Å². The Hall–Kier alpha value is -0.570. The van der Waals surface area contributed by atoms with Gasteiger partial charge in [-0.1, -0.05) is 33.1 Å². The first-order valence-electron chi connectivity index (χ1n) is 6.44. The smallest absolute Gasteiger partial charge is 0.313 e. The van der Waals surface area contributed by atoms with E-state index < -0.39 is 5.41 Å². The average Bonchev–Trinajstić information content (AvgIpc) is 2.16. The van der Waals surface area contributed by atoms with E-state index in [1.807, 2.05) is 6.92 Å². The lowest BCUT2D eigenvalue weighted by Crippen LogP contribution is -2.46. The van der Waals surface area contributed by atoms with Gasteiger partial charge in [-0.15, -0.1) is 0 Å². The molecule has 0 spiro atoms. The number of carbonyl (C=O) groups excluding carboxylic acids is 1. The Morgan fingerprint density at radius 2 is 2.12 bits per heavy atom. The molecule has 1 atom stereocenters. The van der Waals surface area contributed by atoms with Gasteiger partial charge in [0.1, 0.15) is 0 Å². The van der Waals surface area contributed by atoms with Crippen molar-refractivity contribution in [1.29, 1.82) is 0 Å². The maximum atomic E-state index is 12.1. The molecule has 16 heavy (non-hydrogen) atoms. The Balaban J connectivity index is 2.75. The molecule has 0 bridgehead atoms. The Labute approximate surface area is 98.7 Å². The maximum absolute atomic E-state index is 12.1. The molecule has 0 aliphatic heterocycles. The molecule has 3 nitrogen and oxygen atoms in total. The molecular formula is C13H25NO2. The highest BCUT2D eigenvalue weighted by Gasteiger charge is 2.44. The Kier molecular flexibility index (Phi) is 4.78. The van der Waals surface area contributed by atoms with Crippen molar-refractivity contribution in [2.45, 2.75) is 46.5 Å². The summed E-state index contributed by atoms with van der Waals surface area (Å²) in [5, 5.41) is 0. The highest BCUT2D eigenvalue weighted by molar-refractivity contribution is 5.77. The van der Waals surface area contributed by atoms with E-state index >= 15 is 0 Å². The van der Waals surface area contributed by atoms with Crippen molar-refractivity contribution in [1.82, 2.24) is 0 Å². The minimum Gasteiger partial charge on any atom is -0.466 e. The van der Waals surface area contributed by atoms with E-state index in [9.17, 15) is 4.79 Å². The van der Waals surface area contributed by atoms with Gasteiger partial charge in [0, 0.05) is 6.54 Å². The van der Waals surface area contributed by atoms with Crippen molar-refractivity contribution in [3.63, 3.8) is 0 Å². The zero-order chi connectivity index (χ0) is 12.2. The molecule has 0 aromatic heterocycles. The molecule has 1 fully saturated rings. The van der Waals surface area contributed by atoms with Gasteiger partial charge in [-0.05, 0) is 25.2 Å². The minimum absolute atomic E-state index is 0.0978. The second-order valence-electron chi connectivity index (χ2n) is 5.24. The summed E-state index contributed by atoms with van der Waals surface area (Å²) >= 11 is 0. The molecule has 0 aromatic carbocycles. The highest BCUT2D eigenvalue weighted by Crippen LogP contribution is 2.42. The number of ether oxygens (including phenoxy) is 1. The number of esters is 1. The van der Waals surface area contributed by atoms with Crippen molar-refractivity contribution in [2.24, 2.45) is 23.0 Å². The van der Waals surface area contributed by atoms with Gasteiger partial charge in [-0.25, -0.2) is 0 Å². The van der Waals surface area contributed by atoms with Gasteiger partial charge >= 0.3 is 5.97 Å². The van der Waals surface area contributed by atoms with Gasteiger partial charge in [0.15, 0.2) is 0 Å². The van der Waals surface area contributed by atoms with Crippen molar-refractivity contribution in [3.05, 3.63) is 0 Å². The molecule has 1 aliphatic rings. The third-order valence-corrected chi connectivity index (χ3v) is 4.03. The van der Waals surface area contributed by atoms with E-state index in [2.05, 4.69) is 13.8 Å². The van der Waals surface area contributed by atoms with E-state index in [1.54, 1.807) is 0 Å². The summed E-state index contributed by atoms with van der Waals surface area (Å²) in [5.74, 6) is 0.826. The second kappa shape index (κ2) is 5.67. The van der Waals surface area contributed by atoms with E-state index in [-0.39, 0.29) is 11.9 Å². The first kappa shape index (κ1) is 13.5. The summed E-state index contributed by atoms with van der Waals surface area (Å²) in [7, 11) is 0. The van der Waals surface area contributed by atoms with Crippen molar-refractivity contribution < 1.29 is 9.53 Å². The van der Waals surface area contributed by atoms with Gasteiger partial charge < -0.3 is 10.5 Å². The van der Waals surface area contributed by atoms with Crippen LogP contribution >= 0.6 is 0 Å². The third kappa shape index (κ3) is 2.57. The van der Waals surface area contributed by atoms with Crippen LogP contribution in [0.5, 0.6) is 0 Å². The predicted octanol–water partition coefficient (Wildman–Crippen LogP) is 2.34. The number of hydrogen-bond donors (Lipinski definition) is 1. The zero-order valence-corrected chi connectivity index (χ0v) is 10.8. The van der Waals surface area contributed by atoms with Gasteiger partial charge in [0.25, 0.3) is 0 Å². The maximum Gasteiger partial charge on any atom is 0.313 e.